The SMILES string of the molecule is CC[C@@H]1CCCCN1Cc1c(C)[nH]c2ccc(Br)cc2c1=O. The number of halogens is 1. The van der Waals surface area contributed by atoms with Crippen molar-refractivity contribution in [1.82, 2.24) is 9.88 Å². The largest absolute Gasteiger partial charge is 0.358 e. The highest BCUT2D eigenvalue weighted by Crippen LogP contribution is 2.23. The van der Waals surface area contributed by atoms with Crippen molar-refractivity contribution < 1.29 is 0 Å². The van der Waals surface area contributed by atoms with Crippen LogP contribution in [0.25, 0.3) is 10.9 Å². The first-order chi connectivity index (χ1) is 10.6. The van der Waals surface area contributed by atoms with Crippen molar-refractivity contribution >= 4 is 26.8 Å². The fraction of sp³-hybridized carbons (Fsp3) is 0.500. The van der Waals surface area contributed by atoms with E-state index in [-0.39, 0.29) is 5.43 Å². The van der Waals surface area contributed by atoms with Gasteiger partial charge in [-0.2, -0.15) is 0 Å². The van der Waals surface area contributed by atoms with E-state index in [1.54, 1.807) is 0 Å². The van der Waals surface area contributed by atoms with Gasteiger partial charge in [-0.1, -0.05) is 29.3 Å². The maximum atomic E-state index is 12.9. The normalized spacial score (nSPS) is 19.7. The van der Waals surface area contributed by atoms with E-state index in [0.717, 1.165) is 46.1 Å². The number of aryl methyl sites for hydroxylation is 1. The zero-order chi connectivity index (χ0) is 15.7. The summed E-state index contributed by atoms with van der Waals surface area (Å²) in [6, 6.07) is 6.47. The molecular weight excluding hydrogens is 340 g/mol. The molecule has 22 heavy (non-hydrogen) atoms. The molecule has 4 heteroatoms. The predicted molar refractivity (Wildman–Crippen MR) is 95.3 cm³/mol. The number of fused-ring (bicyclic) bond motifs is 1. The summed E-state index contributed by atoms with van der Waals surface area (Å²) in [4.78, 5) is 18.8. The molecule has 2 aromatic rings. The van der Waals surface area contributed by atoms with Gasteiger partial charge in [-0.05, 0) is 50.9 Å². The monoisotopic (exact) mass is 362 g/mol. The molecule has 3 nitrogen and oxygen atoms in total. The van der Waals surface area contributed by atoms with Crippen molar-refractivity contribution in [3.8, 4) is 0 Å². The van der Waals surface area contributed by atoms with E-state index in [2.05, 4.69) is 32.7 Å². The first-order valence-corrected chi connectivity index (χ1v) is 8.94. The first kappa shape index (κ1) is 15.8. The number of aromatic amines is 1. The highest BCUT2D eigenvalue weighted by atomic mass is 79.9. The Morgan fingerprint density at radius 2 is 2.18 bits per heavy atom. The number of hydrogen-bond donors (Lipinski definition) is 1. The minimum atomic E-state index is 0.174. The van der Waals surface area contributed by atoms with Crippen LogP contribution in [0, 0.1) is 6.92 Å². The molecule has 1 aliphatic heterocycles. The molecule has 0 spiro atoms. The van der Waals surface area contributed by atoms with Crippen LogP contribution in [0.15, 0.2) is 27.5 Å². The van der Waals surface area contributed by atoms with E-state index in [4.69, 9.17) is 0 Å². The number of hydrogen-bond acceptors (Lipinski definition) is 2. The van der Waals surface area contributed by atoms with Gasteiger partial charge in [0.2, 0.25) is 0 Å². The summed E-state index contributed by atoms with van der Waals surface area (Å²) in [5, 5.41) is 0.778. The van der Waals surface area contributed by atoms with Crippen molar-refractivity contribution in [2.24, 2.45) is 0 Å². The minimum absolute atomic E-state index is 0.174. The molecule has 1 N–H and O–H groups in total. The van der Waals surface area contributed by atoms with E-state index in [0.29, 0.717) is 6.04 Å². The standard InChI is InChI=1S/C18H23BrN2O/c1-3-14-6-4-5-9-21(14)11-16-12(2)20-17-8-7-13(19)10-15(17)18(16)22/h7-8,10,14H,3-6,9,11H2,1-2H3,(H,20,22)/t14-/m1/s1. The molecule has 1 saturated heterocycles. The van der Waals surface area contributed by atoms with Gasteiger partial charge < -0.3 is 4.98 Å². The number of H-pyrrole nitrogens is 1. The van der Waals surface area contributed by atoms with Crippen LogP contribution in [0.4, 0.5) is 0 Å². The number of rotatable bonds is 3. The van der Waals surface area contributed by atoms with E-state index < -0.39 is 0 Å². The number of piperidine rings is 1. The van der Waals surface area contributed by atoms with Gasteiger partial charge in [0.05, 0.1) is 0 Å². The summed E-state index contributed by atoms with van der Waals surface area (Å²) < 4.78 is 0.949. The average molecular weight is 363 g/mol. The molecule has 0 bridgehead atoms. The van der Waals surface area contributed by atoms with Gasteiger partial charge in [-0.25, -0.2) is 0 Å². The smallest absolute Gasteiger partial charge is 0.194 e. The van der Waals surface area contributed by atoms with Crippen molar-refractivity contribution in [2.75, 3.05) is 6.54 Å². The zero-order valence-electron chi connectivity index (χ0n) is 13.3. The van der Waals surface area contributed by atoms with Crippen molar-refractivity contribution in [1.29, 1.82) is 0 Å². The molecule has 0 amide bonds. The maximum Gasteiger partial charge on any atom is 0.194 e. The van der Waals surface area contributed by atoms with Crippen molar-refractivity contribution in [3.63, 3.8) is 0 Å². The molecule has 0 aliphatic carbocycles. The third-order valence-electron chi connectivity index (χ3n) is 4.86. The quantitative estimate of drug-likeness (QED) is 0.880. The lowest BCUT2D eigenvalue weighted by molar-refractivity contribution is 0.135. The van der Waals surface area contributed by atoms with Gasteiger partial charge >= 0.3 is 0 Å². The van der Waals surface area contributed by atoms with Gasteiger partial charge in [-0.3, -0.25) is 9.69 Å². The fourth-order valence-corrected chi connectivity index (χ4v) is 3.91. The second kappa shape index (κ2) is 6.55. The lowest BCUT2D eigenvalue weighted by Gasteiger charge is -2.35. The van der Waals surface area contributed by atoms with Crippen LogP contribution < -0.4 is 5.43 Å². The summed E-state index contributed by atoms with van der Waals surface area (Å²) in [6.07, 6.45) is 4.98. The molecule has 3 rings (SSSR count). The van der Waals surface area contributed by atoms with Crippen LogP contribution >= 0.6 is 15.9 Å². The molecule has 118 valence electrons. The average Bonchev–Trinajstić information content (AvgIpc) is 2.52. The molecule has 0 unspecified atom stereocenters. The summed E-state index contributed by atoms with van der Waals surface area (Å²) in [6.45, 7) is 6.14. The van der Waals surface area contributed by atoms with Crippen LogP contribution in [-0.2, 0) is 6.54 Å². The number of likely N-dealkylation sites (tertiary alicyclic amines) is 1. The highest BCUT2D eigenvalue weighted by Gasteiger charge is 2.22. The van der Waals surface area contributed by atoms with Crippen LogP contribution in [0.3, 0.4) is 0 Å². The molecule has 1 aromatic carbocycles. The Bertz CT molecular complexity index is 738. The van der Waals surface area contributed by atoms with E-state index in [1.807, 2.05) is 25.1 Å². The van der Waals surface area contributed by atoms with Gasteiger partial charge in [-0.15, -0.1) is 0 Å². The Morgan fingerprint density at radius 3 is 2.95 bits per heavy atom. The molecule has 1 atom stereocenters. The molecule has 2 heterocycles. The Balaban J connectivity index is 2.01. The summed E-state index contributed by atoms with van der Waals surface area (Å²) in [5.74, 6) is 0. The van der Waals surface area contributed by atoms with E-state index >= 15 is 0 Å². The van der Waals surface area contributed by atoms with E-state index in [9.17, 15) is 4.79 Å². The number of aromatic nitrogens is 1. The van der Waals surface area contributed by atoms with Crippen LogP contribution in [-0.4, -0.2) is 22.5 Å². The number of benzene rings is 1. The Morgan fingerprint density at radius 1 is 1.36 bits per heavy atom. The topological polar surface area (TPSA) is 36.1 Å². The van der Waals surface area contributed by atoms with Gasteiger partial charge in [0.25, 0.3) is 0 Å². The van der Waals surface area contributed by atoms with Crippen LogP contribution in [0.5, 0.6) is 0 Å². The summed E-state index contributed by atoms with van der Waals surface area (Å²) in [5.41, 5.74) is 3.01. The number of nitrogens with one attached hydrogen (secondary N) is 1. The predicted octanol–water partition coefficient (Wildman–Crippen LogP) is 4.36. The fourth-order valence-electron chi connectivity index (χ4n) is 3.55. The second-order valence-electron chi connectivity index (χ2n) is 6.28. The molecule has 1 aromatic heterocycles. The maximum absolute atomic E-state index is 12.9. The molecule has 0 radical (unpaired) electrons. The molecular formula is C18H23BrN2O. The molecule has 1 fully saturated rings. The Kier molecular flexibility index (Phi) is 4.69. The Hall–Kier alpha value is -1.13. The van der Waals surface area contributed by atoms with Gasteiger partial charge in [0.1, 0.15) is 0 Å². The lowest BCUT2D eigenvalue weighted by Crippen LogP contribution is -2.39. The molecule has 1 aliphatic rings. The first-order valence-electron chi connectivity index (χ1n) is 8.15. The van der Waals surface area contributed by atoms with Crippen molar-refractivity contribution in [2.45, 2.75) is 52.1 Å². The number of nitrogens with zero attached hydrogens (tertiary/aromatic N) is 1. The second-order valence-corrected chi connectivity index (χ2v) is 7.19. The third kappa shape index (κ3) is 2.99. The van der Waals surface area contributed by atoms with Gasteiger partial charge in [0.15, 0.2) is 5.43 Å². The number of pyridine rings is 1. The van der Waals surface area contributed by atoms with Gasteiger partial charge in [0, 0.05) is 39.2 Å². The van der Waals surface area contributed by atoms with Crippen LogP contribution in [0.1, 0.15) is 43.9 Å². The van der Waals surface area contributed by atoms with E-state index in [1.165, 1.54) is 19.3 Å². The third-order valence-corrected chi connectivity index (χ3v) is 5.35. The highest BCUT2D eigenvalue weighted by molar-refractivity contribution is 9.10. The van der Waals surface area contributed by atoms with Crippen molar-refractivity contribution in [3.05, 3.63) is 44.2 Å². The lowest BCUT2D eigenvalue weighted by atomic mass is 9.98. The zero-order valence-corrected chi connectivity index (χ0v) is 14.9. The summed E-state index contributed by atoms with van der Waals surface area (Å²) in [7, 11) is 0. The Labute approximate surface area is 139 Å². The minimum Gasteiger partial charge on any atom is -0.358 e. The van der Waals surface area contributed by atoms with Crippen LogP contribution in [0.2, 0.25) is 0 Å². The molecule has 0 saturated carbocycles. The summed E-state index contributed by atoms with van der Waals surface area (Å²) >= 11 is 3.47.